The molecule has 6 heteroatoms. The third kappa shape index (κ3) is 15.4. The number of aryl methyl sites for hydroxylation is 1. The molecule has 0 amide bonds. The van der Waals surface area contributed by atoms with E-state index in [1.54, 1.807) is 0 Å². The van der Waals surface area contributed by atoms with Gasteiger partial charge >= 0.3 is 0 Å². The average molecular weight is 712 g/mol. The lowest BCUT2D eigenvalue weighted by Gasteiger charge is -2.25. The highest BCUT2D eigenvalue weighted by molar-refractivity contribution is 9.11. The molecule has 0 bridgehead atoms. The third-order valence-electron chi connectivity index (χ3n) is 7.54. The fourth-order valence-corrected chi connectivity index (χ4v) is 8.12. The van der Waals surface area contributed by atoms with Gasteiger partial charge in [-0.05, 0) is 67.9 Å². The Morgan fingerprint density at radius 2 is 1.40 bits per heavy atom. The summed E-state index contributed by atoms with van der Waals surface area (Å²) in [5, 5.41) is 0. The van der Waals surface area contributed by atoms with Crippen molar-refractivity contribution in [3.63, 3.8) is 0 Å². The number of H-pyrrole nitrogens is 1. The van der Waals surface area contributed by atoms with E-state index < -0.39 is 0 Å². The number of rotatable bonds is 13. The molecule has 0 radical (unpaired) electrons. The first-order chi connectivity index (χ1) is 21.0. The maximum Gasteiger partial charge on any atom is 0.216 e. The van der Waals surface area contributed by atoms with Crippen LogP contribution in [0.5, 0.6) is 0 Å². The summed E-state index contributed by atoms with van der Waals surface area (Å²) in [5.74, 6) is 3.44. The van der Waals surface area contributed by atoms with Crippen LogP contribution in [-0.2, 0) is 0 Å². The first-order valence-electron chi connectivity index (χ1n) is 16.9. The van der Waals surface area contributed by atoms with Crippen LogP contribution in [0.1, 0.15) is 119 Å². The van der Waals surface area contributed by atoms with Gasteiger partial charge in [-0.15, -0.1) is 23.5 Å². The molecule has 45 heavy (non-hydrogen) atoms. The van der Waals surface area contributed by atoms with Crippen LogP contribution in [0, 0.1) is 18.8 Å². The van der Waals surface area contributed by atoms with E-state index in [0.29, 0.717) is 12.6 Å². The maximum absolute atomic E-state index is 4.47. The van der Waals surface area contributed by atoms with E-state index >= 15 is 0 Å². The van der Waals surface area contributed by atoms with Crippen LogP contribution in [0.3, 0.4) is 0 Å². The van der Waals surface area contributed by atoms with Crippen LogP contribution in [0.4, 0.5) is 0 Å². The Kier molecular flexibility index (Phi) is 16.7. The Hall–Kier alpha value is -1.37. The second-order valence-corrected chi connectivity index (χ2v) is 19.9. The zero-order valence-corrected chi connectivity index (χ0v) is 33.5. The van der Waals surface area contributed by atoms with Crippen molar-refractivity contribution in [1.82, 2.24) is 9.97 Å². The summed E-state index contributed by atoms with van der Waals surface area (Å²) in [4.78, 5) is 10.6. The molecule has 0 spiro atoms. The van der Waals surface area contributed by atoms with Gasteiger partial charge in [0.15, 0.2) is 0 Å². The fourth-order valence-electron chi connectivity index (χ4n) is 5.67. The summed E-state index contributed by atoms with van der Waals surface area (Å²) in [6.07, 6.45) is 10.3. The molecular formula is C39H60BBrN2S2. The smallest absolute Gasteiger partial charge is 0.216 e. The first kappa shape index (κ1) is 39.8. The van der Waals surface area contributed by atoms with Crippen LogP contribution in [0.15, 0.2) is 75.1 Å². The number of aromatic nitrogens is 2. The van der Waals surface area contributed by atoms with Crippen LogP contribution in [0.25, 0.3) is 0 Å². The molecule has 3 rings (SSSR count). The molecule has 0 fully saturated rings. The Morgan fingerprint density at radius 1 is 0.889 bits per heavy atom. The van der Waals surface area contributed by atoms with Gasteiger partial charge in [-0.1, -0.05) is 145 Å². The van der Waals surface area contributed by atoms with Crippen molar-refractivity contribution in [2.24, 2.45) is 11.8 Å². The summed E-state index contributed by atoms with van der Waals surface area (Å²) in [6, 6.07) is 17.9. The SMILES string of the molecule is CC(Br)=CCB(c1ccccc1SC(C)(C)C)c1ccccc1SC(C)(C)C.CCC(CCC(C)CC(C)C)c1ncc(C)[nH]1. The van der Waals surface area contributed by atoms with Crippen LogP contribution in [-0.4, -0.2) is 26.2 Å². The number of hydrogen-bond acceptors (Lipinski definition) is 3. The van der Waals surface area contributed by atoms with Gasteiger partial charge in [0.05, 0.1) is 0 Å². The number of halogens is 1. The standard InChI is InChI=1S/C24H32BBrS2.C15H28N2/c1-18(26)16-17-25(19-12-8-10-14-21(19)27-23(2,3)4)20-13-9-11-15-22(20)28-24(5,6)7;1-6-14(15-16-10-13(5)17-15)8-7-12(4)9-11(2)3/h8-16H,17H2,1-7H3;10-12,14H,6-9H2,1-5H3,(H,16,17). The number of nitrogens with zero attached hydrogens (tertiary/aromatic N) is 1. The van der Waals surface area contributed by atoms with Gasteiger partial charge in [-0.2, -0.15) is 0 Å². The molecule has 3 aromatic rings. The molecular weight excluding hydrogens is 651 g/mol. The third-order valence-corrected chi connectivity index (χ3v) is 10.3. The highest BCUT2D eigenvalue weighted by Crippen LogP contribution is 2.33. The van der Waals surface area contributed by atoms with Crippen molar-refractivity contribution in [2.45, 2.75) is 140 Å². The van der Waals surface area contributed by atoms with E-state index in [-0.39, 0.29) is 9.49 Å². The summed E-state index contributed by atoms with van der Waals surface area (Å²) in [5.41, 5.74) is 4.03. The van der Waals surface area contributed by atoms with E-state index in [1.165, 1.54) is 62.4 Å². The van der Waals surface area contributed by atoms with Gasteiger partial charge < -0.3 is 4.98 Å². The zero-order chi connectivity index (χ0) is 33.8. The predicted octanol–water partition coefficient (Wildman–Crippen LogP) is 12.0. The molecule has 0 saturated heterocycles. The van der Waals surface area contributed by atoms with Crippen molar-refractivity contribution in [3.8, 4) is 0 Å². The molecule has 0 aliphatic carbocycles. The van der Waals surface area contributed by atoms with Gasteiger partial charge in [-0.25, -0.2) is 4.98 Å². The molecule has 0 saturated carbocycles. The van der Waals surface area contributed by atoms with Crippen LogP contribution in [0.2, 0.25) is 6.32 Å². The molecule has 2 unspecified atom stereocenters. The first-order valence-corrected chi connectivity index (χ1v) is 19.3. The molecule has 0 aliphatic heterocycles. The number of nitrogens with one attached hydrogen (secondary N) is 1. The molecule has 1 aromatic heterocycles. The lowest BCUT2D eigenvalue weighted by Crippen LogP contribution is -2.44. The van der Waals surface area contributed by atoms with Crippen molar-refractivity contribution < 1.29 is 0 Å². The molecule has 248 valence electrons. The van der Waals surface area contributed by atoms with E-state index in [4.69, 9.17) is 0 Å². The molecule has 2 nitrogen and oxygen atoms in total. The maximum atomic E-state index is 4.47. The number of imidazole rings is 1. The lowest BCUT2D eigenvalue weighted by molar-refractivity contribution is 0.385. The van der Waals surface area contributed by atoms with Crippen molar-refractivity contribution in [2.75, 3.05) is 0 Å². The number of thioether (sulfide) groups is 2. The minimum atomic E-state index is 0.182. The topological polar surface area (TPSA) is 28.7 Å². The quantitative estimate of drug-likeness (QED) is 0.141. The Bertz CT molecular complexity index is 1260. The van der Waals surface area contributed by atoms with Gasteiger partial charge in [0.2, 0.25) is 6.71 Å². The summed E-state index contributed by atoms with van der Waals surface area (Å²) < 4.78 is 1.56. The summed E-state index contributed by atoms with van der Waals surface area (Å²) >= 11 is 7.56. The number of aromatic amines is 1. The minimum absolute atomic E-state index is 0.182. The minimum Gasteiger partial charge on any atom is -0.346 e. The van der Waals surface area contributed by atoms with Crippen LogP contribution >= 0.6 is 39.5 Å². The van der Waals surface area contributed by atoms with Crippen molar-refractivity contribution in [1.29, 1.82) is 0 Å². The second kappa shape index (κ2) is 18.8. The Labute approximate surface area is 294 Å². The molecule has 2 aromatic carbocycles. The molecule has 2 atom stereocenters. The monoisotopic (exact) mass is 710 g/mol. The fraction of sp³-hybridized carbons (Fsp3) is 0.564. The highest BCUT2D eigenvalue weighted by Gasteiger charge is 2.27. The van der Waals surface area contributed by atoms with E-state index in [2.05, 4.69) is 164 Å². The van der Waals surface area contributed by atoms with Gasteiger partial charge in [0, 0.05) is 37.1 Å². The predicted molar refractivity (Wildman–Crippen MR) is 211 cm³/mol. The van der Waals surface area contributed by atoms with E-state index in [1.807, 2.05) is 29.7 Å². The molecule has 1 N–H and O–H groups in total. The average Bonchev–Trinajstić information content (AvgIpc) is 3.35. The number of hydrogen-bond donors (Lipinski definition) is 1. The lowest BCUT2D eigenvalue weighted by atomic mass is 9.38. The second-order valence-electron chi connectivity index (χ2n) is 15.0. The molecule has 1 heterocycles. The van der Waals surface area contributed by atoms with E-state index in [9.17, 15) is 0 Å². The Balaban J connectivity index is 0.000000355. The van der Waals surface area contributed by atoms with Gasteiger partial charge in [-0.3, -0.25) is 0 Å². The van der Waals surface area contributed by atoms with Crippen LogP contribution < -0.4 is 10.9 Å². The summed E-state index contributed by atoms with van der Waals surface area (Å²) in [6.45, 7) is 27.5. The zero-order valence-electron chi connectivity index (χ0n) is 30.3. The largest absolute Gasteiger partial charge is 0.346 e. The van der Waals surface area contributed by atoms with Crippen molar-refractivity contribution in [3.05, 3.63) is 76.8 Å². The van der Waals surface area contributed by atoms with E-state index in [0.717, 1.165) is 18.2 Å². The number of allylic oxidation sites excluding steroid dienone is 2. The van der Waals surface area contributed by atoms with Crippen molar-refractivity contribution >= 4 is 57.1 Å². The normalized spacial score (nSPS) is 13.8. The van der Waals surface area contributed by atoms with Gasteiger partial charge in [0.25, 0.3) is 0 Å². The molecule has 0 aliphatic rings. The van der Waals surface area contributed by atoms with Gasteiger partial charge in [0.1, 0.15) is 5.82 Å². The highest BCUT2D eigenvalue weighted by atomic mass is 79.9. The number of benzene rings is 2. The summed E-state index contributed by atoms with van der Waals surface area (Å²) in [7, 11) is 0. The Morgan fingerprint density at radius 3 is 1.80 bits per heavy atom.